The van der Waals surface area contributed by atoms with E-state index in [0.717, 1.165) is 4.68 Å². The maximum Gasteiger partial charge on any atom is 0.358 e. The van der Waals surface area contributed by atoms with Crippen molar-refractivity contribution >= 4 is 11.6 Å². The number of aromatic carboxylic acids is 1. The lowest BCUT2D eigenvalue weighted by molar-refractivity contribution is 0.0675. The SMILES string of the molecule is O=C(O)c1nnn(Cc2cn3ccccc3n2)c1C(F)F. The number of pyridine rings is 1. The van der Waals surface area contributed by atoms with Gasteiger partial charge in [-0.1, -0.05) is 11.3 Å². The summed E-state index contributed by atoms with van der Waals surface area (Å²) in [4.78, 5) is 15.1. The first-order valence-corrected chi connectivity index (χ1v) is 5.93. The number of carboxylic acid groups (broad SMARTS) is 1. The van der Waals surface area contributed by atoms with Crippen molar-refractivity contribution in [3.8, 4) is 0 Å². The lowest BCUT2D eigenvalue weighted by Crippen LogP contribution is -2.10. The van der Waals surface area contributed by atoms with Crippen LogP contribution in [0.15, 0.2) is 30.6 Å². The Hall–Kier alpha value is -2.84. The highest BCUT2D eigenvalue weighted by Crippen LogP contribution is 2.22. The van der Waals surface area contributed by atoms with Crippen molar-refractivity contribution in [3.63, 3.8) is 0 Å². The third-order valence-corrected chi connectivity index (χ3v) is 2.91. The van der Waals surface area contributed by atoms with Crippen molar-refractivity contribution < 1.29 is 18.7 Å². The van der Waals surface area contributed by atoms with Gasteiger partial charge >= 0.3 is 5.97 Å². The number of halogens is 2. The monoisotopic (exact) mass is 293 g/mol. The number of rotatable bonds is 4. The highest BCUT2D eigenvalue weighted by molar-refractivity contribution is 5.86. The molecular formula is C12H9F2N5O2. The Balaban J connectivity index is 1.99. The number of hydrogen-bond acceptors (Lipinski definition) is 4. The fourth-order valence-corrected chi connectivity index (χ4v) is 2.02. The van der Waals surface area contributed by atoms with E-state index in [1.165, 1.54) is 0 Å². The number of imidazole rings is 1. The number of carbonyl (C=O) groups is 1. The second kappa shape index (κ2) is 4.93. The van der Waals surface area contributed by atoms with E-state index in [0.29, 0.717) is 11.3 Å². The molecular weight excluding hydrogens is 284 g/mol. The number of carboxylic acids is 1. The van der Waals surface area contributed by atoms with Gasteiger partial charge < -0.3 is 9.51 Å². The molecule has 1 N–H and O–H groups in total. The molecule has 3 rings (SSSR count). The van der Waals surface area contributed by atoms with Crippen LogP contribution in [0.4, 0.5) is 8.78 Å². The Labute approximate surface area is 116 Å². The number of nitrogens with zero attached hydrogens (tertiary/aromatic N) is 5. The minimum absolute atomic E-state index is 0.0817. The van der Waals surface area contributed by atoms with Crippen LogP contribution >= 0.6 is 0 Å². The first kappa shape index (κ1) is 13.2. The Kier molecular flexibility index (Phi) is 3.09. The van der Waals surface area contributed by atoms with Crippen molar-refractivity contribution in [2.45, 2.75) is 13.0 Å². The third kappa shape index (κ3) is 2.33. The van der Waals surface area contributed by atoms with Gasteiger partial charge in [-0.25, -0.2) is 23.2 Å². The second-order valence-electron chi connectivity index (χ2n) is 4.29. The summed E-state index contributed by atoms with van der Waals surface area (Å²) in [7, 11) is 0. The number of aromatic nitrogens is 5. The molecule has 3 aromatic rings. The van der Waals surface area contributed by atoms with Crippen molar-refractivity contribution in [1.82, 2.24) is 24.4 Å². The summed E-state index contributed by atoms with van der Waals surface area (Å²) < 4.78 is 28.6. The van der Waals surface area contributed by atoms with Crippen molar-refractivity contribution in [2.75, 3.05) is 0 Å². The average Bonchev–Trinajstić information content (AvgIpc) is 3.01. The molecule has 0 aliphatic heterocycles. The van der Waals surface area contributed by atoms with Crippen molar-refractivity contribution in [3.05, 3.63) is 47.7 Å². The van der Waals surface area contributed by atoms with Crippen molar-refractivity contribution in [2.24, 2.45) is 0 Å². The fourth-order valence-electron chi connectivity index (χ4n) is 2.02. The molecule has 3 heterocycles. The summed E-state index contributed by atoms with van der Waals surface area (Å²) in [5.74, 6) is -1.54. The third-order valence-electron chi connectivity index (χ3n) is 2.91. The van der Waals surface area contributed by atoms with Crippen LogP contribution in [-0.2, 0) is 6.54 Å². The van der Waals surface area contributed by atoms with E-state index in [4.69, 9.17) is 5.11 Å². The minimum atomic E-state index is -2.98. The molecule has 3 aromatic heterocycles. The Morgan fingerprint density at radius 3 is 2.86 bits per heavy atom. The van der Waals surface area contributed by atoms with Gasteiger partial charge in [0.2, 0.25) is 0 Å². The lowest BCUT2D eigenvalue weighted by atomic mass is 10.3. The standard InChI is InChI=1S/C12H9F2N5O2/c13-11(14)10-9(12(20)21)16-17-19(10)6-7-5-18-4-2-1-3-8(18)15-7/h1-5,11H,6H2,(H,20,21). The van der Waals surface area contributed by atoms with Crippen LogP contribution in [0.25, 0.3) is 5.65 Å². The van der Waals surface area contributed by atoms with Gasteiger partial charge in [0, 0.05) is 12.4 Å². The molecule has 0 unspecified atom stereocenters. The van der Waals surface area contributed by atoms with Gasteiger partial charge in [0.05, 0.1) is 12.2 Å². The molecule has 0 aromatic carbocycles. The molecule has 9 heteroatoms. The largest absolute Gasteiger partial charge is 0.476 e. The molecule has 0 atom stereocenters. The first-order valence-electron chi connectivity index (χ1n) is 5.93. The van der Waals surface area contributed by atoms with Gasteiger partial charge in [-0.3, -0.25) is 0 Å². The predicted octanol–water partition coefficient (Wildman–Crippen LogP) is 1.61. The molecule has 0 radical (unpaired) electrons. The highest BCUT2D eigenvalue weighted by atomic mass is 19.3. The average molecular weight is 293 g/mol. The van der Waals surface area contributed by atoms with E-state index in [1.54, 1.807) is 35.0 Å². The molecule has 0 spiro atoms. The maximum absolute atomic E-state index is 13.0. The van der Waals surface area contributed by atoms with E-state index < -0.39 is 23.8 Å². The summed E-state index contributed by atoms with van der Waals surface area (Å²) in [5, 5.41) is 15.6. The molecule has 0 fully saturated rings. The molecule has 0 bridgehead atoms. The normalized spacial score (nSPS) is 11.4. The van der Waals surface area contributed by atoms with E-state index in [9.17, 15) is 13.6 Å². The highest BCUT2D eigenvalue weighted by Gasteiger charge is 2.26. The fraction of sp³-hybridized carbons (Fsp3) is 0.167. The van der Waals surface area contributed by atoms with Gasteiger partial charge in [-0.2, -0.15) is 0 Å². The van der Waals surface area contributed by atoms with Gasteiger partial charge in [0.15, 0.2) is 5.69 Å². The number of alkyl halides is 2. The Bertz CT molecular complexity index is 778. The lowest BCUT2D eigenvalue weighted by Gasteiger charge is -2.03. The first-order chi connectivity index (χ1) is 10.1. The summed E-state index contributed by atoms with van der Waals surface area (Å²) in [6.45, 7) is -0.0817. The summed E-state index contributed by atoms with van der Waals surface area (Å²) in [6.07, 6.45) is 0.444. The van der Waals surface area contributed by atoms with Crippen LogP contribution in [0.1, 0.15) is 28.3 Å². The molecule has 7 nitrogen and oxygen atoms in total. The smallest absolute Gasteiger partial charge is 0.358 e. The zero-order valence-electron chi connectivity index (χ0n) is 10.5. The molecule has 0 saturated heterocycles. The van der Waals surface area contributed by atoms with Gasteiger partial charge in [-0.15, -0.1) is 5.10 Å². The van der Waals surface area contributed by atoms with Crippen LogP contribution in [0.2, 0.25) is 0 Å². The van der Waals surface area contributed by atoms with E-state index >= 15 is 0 Å². The van der Waals surface area contributed by atoms with Gasteiger partial charge in [0.1, 0.15) is 11.3 Å². The minimum Gasteiger partial charge on any atom is -0.476 e. The molecule has 0 amide bonds. The quantitative estimate of drug-likeness (QED) is 0.790. The summed E-state index contributed by atoms with van der Waals surface area (Å²) >= 11 is 0. The van der Waals surface area contributed by atoms with Crippen LogP contribution in [-0.4, -0.2) is 35.5 Å². The van der Waals surface area contributed by atoms with Crippen LogP contribution in [0, 0.1) is 0 Å². The summed E-state index contributed by atoms with van der Waals surface area (Å²) in [6, 6.07) is 5.37. The maximum atomic E-state index is 13.0. The van der Waals surface area contributed by atoms with Gasteiger partial charge in [-0.05, 0) is 12.1 Å². The molecule has 21 heavy (non-hydrogen) atoms. The van der Waals surface area contributed by atoms with Crippen molar-refractivity contribution in [1.29, 1.82) is 0 Å². The molecule has 0 aliphatic rings. The molecule has 0 aliphatic carbocycles. The Morgan fingerprint density at radius 2 is 2.19 bits per heavy atom. The topological polar surface area (TPSA) is 85.3 Å². The van der Waals surface area contributed by atoms with Crippen LogP contribution < -0.4 is 0 Å². The number of hydrogen-bond donors (Lipinski definition) is 1. The van der Waals surface area contributed by atoms with Crippen LogP contribution in [0.3, 0.4) is 0 Å². The second-order valence-corrected chi connectivity index (χ2v) is 4.29. The van der Waals surface area contributed by atoms with E-state index in [1.807, 2.05) is 0 Å². The van der Waals surface area contributed by atoms with Gasteiger partial charge in [0.25, 0.3) is 6.43 Å². The predicted molar refractivity (Wildman–Crippen MR) is 66.2 cm³/mol. The Morgan fingerprint density at radius 1 is 1.38 bits per heavy atom. The molecule has 0 saturated carbocycles. The van der Waals surface area contributed by atoms with Crippen LogP contribution in [0.5, 0.6) is 0 Å². The van der Waals surface area contributed by atoms with E-state index in [-0.39, 0.29) is 6.54 Å². The summed E-state index contributed by atoms with van der Waals surface area (Å²) in [5.41, 5.74) is -0.331. The zero-order valence-corrected chi connectivity index (χ0v) is 10.5. The van der Waals surface area contributed by atoms with E-state index in [2.05, 4.69) is 15.3 Å². The molecule has 108 valence electrons. The zero-order chi connectivity index (χ0) is 15.0. The number of fused-ring (bicyclic) bond motifs is 1.